The molecule has 2 N–H and O–H groups in total. The number of nitrogens with one attached hydrogen (secondary N) is 2. The molecule has 2 aromatic carbocycles. The number of carbonyl (C=O) groups is 1. The van der Waals surface area contributed by atoms with E-state index in [4.69, 9.17) is 0 Å². The predicted molar refractivity (Wildman–Crippen MR) is 110 cm³/mol. The number of hydrogen-bond donors (Lipinski definition) is 2. The van der Waals surface area contributed by atoms with E-state index in [-0.39, 0.29) is 18.3 Å². The first-order valence-electron chi connectivity index (χ1n) is 9.25. The van der Waals surface area contributed by atoms with E-state index >= 15 is 0 Å². The summed E-state index contributed by atoms with van der Waals surface area (Å²) in [6.45, 7) is 2.29. The van der Waals surface area contributed by atoms with Gasteiger partial charge in [-0.2, -0.15) is 5.10 Å². The molecule has 1 fully saturated rings. The Kier molecular flexibility index (Phi) is 6.14. The molecule has 0 aliphatic carbocycles. The van der Waals surface area contributed by atoms with Crippen LogP contribution in [0.25, 0.3) is 10.8 Å². The second kappa shape index (κ2) is 8.55. The van der Waals surface area contributed by atoms with Crippen LogP contribution in [0.15, 0.2) is 60.9 Å². The Labute approximate surface area is 165 Å². The van der Waals surface area contributed by atoms with E-state index < -0.39 is 5.54 Å². The Morgan fingerprint density at radius 1 is 1.11 bits per heavy atom. The van der Waals surface area contributed by atoms with Gasteiger partial charge in [-0.15, -0.1) is 12.4 Å². The van der Waals surface area contributed by atoms with Crippen LogP contribution in [0.5, 0.6) is 0 Å². The number of hydrogen-bond acceptors (Lipinski definition) is 3. The zero-order chi connectivity index (χ0) is 17.8. The number of amides is 1. The van der Waals surface area contributed by atoms with Gasteiger partial charge in [0.15, 0.2) is 0 Å². The monoisotopic (exact) mass is 384 g/mol. The fourth-order valence-corrected chi connectivity index (χ4v) is 3.91. The molecule has 5 nitrogen and oxygen atoms in total. The molecule has 1 aliphatic rings. The largest absolute Gasteiger partial charge is 0.354 e. The van der Waals surface area contributed by atoms with E-state index in [0.717, 1.165) is 32.4 Å². The number of piperidine rings is 1. The van der Waals surface area contributed by atoms with Crippen molar-refractivity contribution in [2.24, 2.45) is 0 Å². The van der Waals surface area contributed by atoms with Gasteiger partial charge in [-0.25, -0.2) is 0 Å². The number of carbonyl (C=O) groups excluding carboxylic acids is 1. The summed E-state index contributed by atoms with van der Waals surface area (Å²) in [4.78, 5) is 13.1. The zero-order valence-electron chi connectivity index (χ0n) is 15.2. The summed E-state index contributed by atoms with van der Waals surface area (Å²) >= 11 is 0. The van der Waals surface area contributed by atoms with Gasteiger partial charge in [0.2, 0.25) is 5.91 Å². The van der Waals surface area contributed by atoms with Gasteiger partial charge < -0.3 is 10.6 Å². The highest BCUT2D eigenvalue weighted by atomic mass is 35.5. The van der Waals surface area contributed by atoms with E-state index in [1.165, 1.54) is 16.3 Å². The Hall–Kier alpha value is -2.37. The molecule has 1 aromatic heterocycles. The molecule has 2 heterocycles. The third-order valence-electron chi connectivity index (χ3n) is 5.36. The van der Waals surface area contributed by atoms with Gasteiger partial charge in [-0.3, -0.25) is 9.48 Å². The van der Waals surface area contributed by atoms with E-state index in [2.05, 4.69) is 58.2 Å². The summed E-state index contributed by atoms with van der Waals surface area (Å²) in [5, 5.41) is 13.4. The molecule has 142 valence electrons. The van der Waals surface area contributed by atoms with Crippen LogP contribution in [0.4, 0.5) is 0 Å². The lowest BCUT2D eigenvalue weighted by Gasteiger charge is -2.36. The first-order chi connectivity index (χ1) is 12.8. The van der Waals surface area contributed by atoms with Crippen LogP contribution in [-0.2, 0) is 16.8 Å². The third-order valence-corrected chi connectivity index (χ3v) is 5.36. The van der Waals surface area contributed by atoms with Gasteiger partial charge in [0.25, 0.3) is 0 Å². The van der Waals surface area contributed by atoms with Gasteiger partial charge in [0, 0.05) is 18.9 Å². The molecule has 0 bridgehead atoms. The van der Waals surface area contributed by atoms with Gasteiger partial charge in [0.1, 0.15) is 5.54 Å². The van der Waals surface area contributed by atoms with Crippen molar-refractivity contribution >= 4 is 29.1 Å². The van der Waals surface area contributed by atoms with Crippen LogP contribution in [-0.4, -0.2) is 35.3 Å². The number of nitrogens with zero attached hydrogens (tertiary/aromatic N) is 2. The highest BCUT2D eigenvalue weighted by molar-refractivity contribution is 5.86. The van der Waals surface area contributed by atoms with Crippen molar-refractivity contribution in [1.29, 1.82) is 0 Å². The normalized spacial score (nSPS) is 15.9. The summed E-state index contributed by atoms with van der Waals surface area (Å²) < 4.78 is 1.83. The average Bonchev–Trinajstić information content (AvgIpc) is 3.24. The number of aromatic nitrogens is 2. The average molecular weight is 385 g/mol. The molecule has 0 unspecified atom stereocenters. The molecule has 1 aliphatic heterocycles. The molecule has 6 heteroatoms. The van der Waals surface area contributed by atoms with Crippen LogP contribution >= 0.6 is 12.4 Å². The summed E-state index contributed by atoms with van der Waals surface area (Å²) in [5.74, 6) is 0.0722. The highest BCUT2D eigenvalue weighted by Gasteiger charge is 2.41. The number of benzene rings is 2. The maximum atomic E-state index is 13.1. The molecule has 0 spiro atoms. The van der Waals surface area contributed by atoms with Crippen LogP contribution in [0, 0.1) is 0 Å². The van der Waals surface area contributed by atoms with Crippen molar-refractivity contribution in [1.82, 2.24) is 20.4 Å². The SMILES string of the molecule is Cl.O=C(NCCc1cccc2ccccc12)C1(n2cccn2)CCNCC1. The van der Waals surface area contributed by atoms with Crippen molar-refractivity contribution in [2.75, 3.05) is 19.6 Å². The van der Waals surface area contributed by atoms with E-state index in [1.807, 2.05) is 16.9 Å². The smallest absolute Gasteiger partial charge is 0.248 e. The lowest BCUT2D eigenvalue weighted by Crippen LogP contribution is -2.54. The van der Waals surface area contributed by atoms with E-state index in [1.54, 1.807) is 6.20 Å². The minimum Gasteiger partial charge on any atom is -0.354 e. The molecular formula is C21H25ClN4O. The van der Waals surface area contributed by atoms with Crippen LogP contribution in [0.3, 0.4) is 0 Å². The molecule has 0 atom stereocenters. The molecular weight excluding hydrogens is 360 g/mol. The number of rotatable bonds is 5. The first kappa shape index (κ1) is 19.4. The minimum absolute atomic E-state index is 0. The molecule has 27 heavy (non-hydrogen) atoms. The van der Waals surface area contributed by atoms with E-state index in [9.17, 15) is 4.79 Å². The quantitative estimate of drug-likeness (QED) is 0.711. The van der Waals surface area contributed by atoms with Crippen molar-refractivity contribution in [3.05, 3.63) is 66.5 Å². The predicted octanol–water partition coefficient (Wildman–Crippen LogP) is 2.90. The number of halogens is 1. The van der Waals surface area contributed by atoms with Gasteiger partial charge in [-0.05, 0) is 54.8 Å². The molecule has 3 aromatic rings. The highest BCUT2D eigenvalue weighted by Crippen LogP contribution is 2.27. The van der Waals surface area contributed by atoms with Crippen LogP contribution < -0.4 is 10.6 Å². The van der Waals surface area contributed by atoms with Gasteiger partial charge in [-0.1, -0.05) is 42.5 Å². The van der Waals surface area contributed by atoms with Crippen molar-refractivity contribution in [3.63, 3.8) is 0 Å². The third kappa shape index (κ3) is 3.84. The van der Waals surface area contributed by atoms with Gasteiger partial charge >= 0.3 is 0 Å². The number of fused-ring (bicyclic) bond motifs is 1. The molecule has 1 saturated heterocycles. The second-order valence-electron chi connectivity index (χ2n) is 6.88. The maximum Gasteiger partial charge on any atom is 0.248 e. The van der Waals surface area contributed by atoms with E-state index in [0.29, 0.717) is 6.54 Å². The summed E-state index contributed by atoms with van der Waals surface area (Å²) in [6, 6.07) is 16.6. The molecule has 0 radical (unpaired) electrons. The van der Waals surface area contributed by atoms with Crippen molar-refractivity contribution in [2.45, 2.75) is 24.8 Å². The lowest BCUT2D eigenvalue weighted by atomic mass is 9.87. The zero-order valence-corrected chi connectivity index (χ0v) is 16.0. The van der Waals surface area contributed by atoms with Crippen LogP contribution in [0.2, 0.25) is 0 Å². The topological polar surface area (TPSA) is 59.0 Å². The fourth-order valence-electron chi connectivity index (χ4n) is 3.91. The molecule has 1 amide bonds. The Morgan fingerprint density at radius 2 is 1.89 bits per heavy atom. The van der Waals surface area contributed by atoms with Gasteiger partial charge in [0.05, 0.1) is 0 Å². The standard InChI is InChI=1S/C21H24N4O.ClH/c26-20(21(10-14-22-15-11-21)25-16-4-12-24-25)23-13-9-18-7-3-6-17-5-1-2-8-19(17)18;/h1-8,12,16,22H,9-11,13-15H2,(H,23,26);1H. The maximum absolute atomic E-state index is 13.1. The fraction of sp³-hybridized carbons (Fsp3) is 0.333. The summed E-state index contributed by atoms with van der Waals surface area (Å²) in [7, 11) is 0. The lowest BCUT2D eigenvalue weighted by molar-refractivity contribution is -0.131. The first-order valence-corrected chi connectivity index (χ1v) is 9.25. The minimum atomic E-state index is -0.576. The van der Waals surface area contributed by atoms with Crippen LogP contribution in [0.1, 0.15) is 18.4 Å². The summed E-state index contributed by atoms with van der Waals surface area (Å²) in [6.07, 6.45) is 5.98. The van der Waals surface area contributed by atoms with Crippen molar-refractivity contribution < 1.29 is 4.79 Å². The van der Waals surface area contributed by atoms with Crippen molar-refractivity contribution in [3.8, 4) is 0 Å². The molecule has 4 rings (SSSR count). The summed E-state index contributed by atoms with van der Waals surface area (Å²) in [5.41, 5.74) is 0.690. The Balaban J connectivity index is 0.00000210. The Morgan fingerprint density at radius 3 is 2.67 bits per heavy atom. The molecule has 0 saturated carbocycles. The Bertz CT molecular complexity index is 883. The second-order valence-corrected chi connectivity index (χ2v) is 6.88.